The number of epoxide rings is 1. The van der Waals surface area contributed by atoms with Gasteiger partial charge in [0.15, 0.2) is 0 Å². The Balaban J connectivity index is 0.00000156. The molecular weight excluding hydrogens is 358 g/mol. The van der Waals surface area contributed by atoms with Crippen molar-refractivity contribution in [2.45, 2.75) is 43.2 Å². The van der Waals surface area contributed by atoms with E-state index in [4.69, 9.17) is 9.47 Å². The summed E-state index contributed by atoms with van der Waals surface area (Å²) in [4.78, 5) is 12.3. The molecule has 1 aromatic rings. The van der Waals surface area contributed by atoms with Crippen molar-refractivity contribution in [3.8, 4) is 0 Å². The maximum absolute atomic E-state index is 12.3. The summed E-state index contributed by atoms with van der Waals surface area (Å²) in [7, 11) is 4.54. The van der Waals surface area contributed by atoms with Crippen LogP contribution in [-0.2, 0) is 14.3 Å². The zero-order valence-corrected chi connectivity index (χ0v) is 15.0. The molecule has 2 bridgehead atoms. The first-order valence-electron chi connectivity index (χ1n) is 7.92. The standard InChI is InChI=1S/C18H22NO3.BrH/c1-11(12-7-5-4-6-8-12)18(20)21-13-9-14-16-17(22-16)15(10-13)19(14,2)3;/h4-8,13-17H,1,9-10H2,2-3H3;1H/q+1;/p-1/t13?,14-,15+,16-,17+;. The van der Waals surface area contributed by atoms with E-state index < -0.39 is 0 Å². The Morgan fingerprint density at radius 2 is 1.74 bits per heavy atom. The molecule has 5 atom stereocenters. The maximum Gasteiger partial charge on any atom is 0.338 e. The second-order valence-corrected chi connectivity index (χ2v) is 7.17. The molecule has 0 aromatic heterocycles. The summed E-state index contributed by atoms with van der Waals surface area (Å²) >= 11 is 0. The lowest BCUT2D eigenvalue weighted by molar-refractivity contribution is -0.938. The first kappa shape index (κ1) is 16.7. The molecule has 124 valence electrons. The van der Waals surface area contributed by atoms with Crippen LogP contribution in [-0.4, -0.2) is 54.9 Å². The quantitative estimate of drug-likeness (QED) is 0.293. The number of morpholine rings is 1. The molecule has 3 aliphatic heterocycles. The van der Waals surface area contributed by atoms with E-state index in [2.05, 4.69) is 20.7 Å². The van der Waals surface area contributed by atoms with E-state index >= 15 is 0 Å². The number of nitrogens with zero attached hydrogens (tertiary/aromatic N) is 1. The van der Waals surface area contributed by atoms with Gasteiger partial charge in [-0.15, -0.1) is 0 Å². The van der Waals surface area contributed by atoms with Crippen molar-refractivity contribution >= 4 is 11.5 Å². The highest BCUT2D eigenvalue weighted by Gasteiger charge is 2.70. The van der Waals surface area contributed by atoms with Crippen molar-refractivity contribution < 1.29 is 35.7 Å². The van der Waals surface area contributed by atoms with Gasteiger partial charge in [0.25, 0.3) is 0 Å². The molecule has 0 N–H and O–H groups in total. The van der Waals surface area contributed by atoms with Gasteiger partial charge in [0.1, 0.15) is 30.4 Å². The van der Waals surface area contributed by atoms with Gasteiger partial charge in [-0.05, 0) is 5.56 Å². The number of piperidine rings is 1. The smallest absolute Gasteiger partial charge is 0.338 e. The van der Waals surface area contributed by atoms with E-state index in [-0.39, 0.29) is 29.1 Å². The van der Waals surface area contributed by atoms with Gasteiger partial charge < -0.3 is 30.9 Å². The van der Waals surface area contributed by atoms with Crippen LogP contribution < -0.4 is 17.0 Å². The number of fused-ring (bicyclic) bond motifs is 5. The van der Waals surface area contributed by atoms with Crippen molar-refractivity contribution in [1.82, 2.24) is 0 Å². The largest absolute Gasteiger partial charge is 1.00 e. The average molecular weight is 380 g/mol. The van der Waals surface area contributed by atoms with Crippen molar-refractivity contribution in [2.24, 2.45) is 0 Å². The van der Waals surface area contributed by atoms with Gasteiger partial charge in [0, 0.05) is 12.8 Å². The van der Waals surface area contributed by atoms with Crippen LogP contribution in [0.3, 0.4) is 0 Å². The summed E-state index contributed by atoms with van der Waals surface area (Å²) in [5.74, 6) is -0.294. The van der Waals surface area contributed by atoms with Gasteiger partial charge in [0.05, 0.1) is 19.7 Å². The summed E-state index contributed by atoms with van der Waals surface area (Å²) in [5.41, 5.74) is 1.27. The fraction of sp³-hybridized carbons (Fsp3) is 0.500. The van der Waals surface area contributed by atoms with Crippen molar-refractivity contribution in [3.63, 3.8) is 0 Å². The van der Waals surface area contributed by atoms with Gasteiger partial charge in [-0.2, -0.15) is 0 Å². The van der Waals surface area contributed by atoms with Crippen molar-refractivity contribution in [1.29, 1.82) is 0 Å². The van der Waals surface area contributed by atoms with Gasteiger partial charge in [-0.3, -0.25) is 0 Å². The SMILES string of the molecule is C=C(C(=O)OC1C[C@@H]2[C@H]3O[C@H]3[C@H](C1)[N+]2(C)C)c1ccccc1.[Br-]. The molecule has 5 heteroatoms. The maximum atomic E-state index is 12.3. The highest BCUT2D eigenvalue weighted by Crippen LogP contribution is 2.51. The molecule has 3 saturated heterocycles. The normalized spacial score (nSPS) is 35.7. The number of likely N-dealkylation sites (N-methyl/N-ethyl adjacent to an activating group) is 1. The fourth-order valence-corrected chi connectivity index (χ4v) is 4.28. The monoisotopic (exact) mass is 379 g/mol. The second kappa shape index (κ2) is 5.72. The Bertz CT molecular complexity index is 610. The molecule has 4 nitrogen and oxygen atoms in total. The number of carbonyl (C=O) groups is 1. The minimum absolute atomic E-state index is 0. The second-order valence-electron chi connectivity index (χ2n) is 7.17. The Morgan fingerprint density at radius 3 is 2.30 bits per heavy atom. The molecule has 0 radical (unpaired) electrons. The molecule has 0 amide bonds. The number of halogens is 1. The lowest BCUT2D eigenvalue weighted by Gasteiger charge is -2.45. The number of esters is 1. The Hall–Kier alpha value is -1.17. The van der Waals surface area contributed by atoms with E-state index in [1.807, 2.05) is 30.3 Å². The van der Waals surface area contributed by atoms with Crippen LogP contribution in [0.15, 0.2) is 36.9 Å². The van der Waals surface area contributed by atoms with Crippen molar-refractivity contribution in [3.05, 3.63) is 42.5 Å². The summed E-state index contributed by atoms with van der Waals surface area (Å²) < 4.78 is 12.5. The van der Waals surface area contributed by atoms with Crippen LogP contribution >= 0.6 is 0 Å². The van der Waals surface area contributed by atoms with Crippen LogP contribution in [0.4, 0.5) is 0 Å². The highest BCUT2D eigenvalue weighted by atomic mass is 79.9. The van der Waals surface area contributed by atoms with E-state index in [1.54, 1.807) is 0 Å². The Kier molecular flexibility index (Phi) is 4.15. The number of rotatable bonds is 3. The third kappa shape index (κ3) is 2.65. The number of hydrogen-bond acceptors (Lipinski definition) is 3. The number of hydrogen-bond donors (Lipinski definition) is 0. The molecule has 0 saturated carbocycles. The Morgan fingerprint density at radius 1 is 1.17 bits per heavy atom. The number of quaternary nitrogens is 1. The predicted molar refractivity (Wildman–Crippen MR) is 82.9 cm³/mol. The van der Waals surface area contributed by atoms with Crippen molar-refractivity contribution in [2.75, 3.05) is 14.1 Å². The van der Waals surface area contributed by atoms with Crippen LogP contribution in [0.25, 0.3) is 5.57 Å². The predicted octanol–water partition coefficient (Wildman–Crippen LogP) is -0.996. The molecule has 3 heterocycles. The molecule has 1 aromatic carbocycles. The third-order valence-electron chi connectivity index (χ3n) is 5.68. The van der Waals surface area contributed by atoms with Gasteiger partial charge in [0.2, 0.25) is 0 Å². The summed E-state index contributed by atoms with van der Waals surface area (Å²) in [6.07, 6.45) is 2.52. The molecule has 0 spiro atoms. The number of carbonyl (C=O) groups excluding carboxylic acids is 1. The lowest BCUT2D eigenvalue weighted by Crippen LogP contribution is -3.00. The molecular formula is C18H22BrNO3. The minimum Gasteiger partial charge on any atom is -1.00 e. The van der Waals surface area contributed by atoms with E-state index in [9.17, 15) is 4.79 Å². The van der Waals surface area contributed by atoms with Crippen LogP contribution in [0.2, 0.25) is 0 Å². The molecule has 1 unspecified atom stereocenters. The average Bonchev–Trinajstić information content (AvgIpc) is 3.25. The van der Waals surface area contributed by atoms with Crippen LogP contribution in [0, 0.1) is 0 Å². The van der Waals surface area contributed by atoms with E-state index in [0.717, 1.165) is 22.9 Å². The first-order valence-corrected chi connectivity index (χ1v) is 7.92. The summed E-state index contributed by atoms with van der Waals surface area (Å²) in [5, 5.41) is 0. The zero-order chi connectivity index (χ0) is 15.5. The van der Waals surface area contributed by atoms with E-state index in [1.165, 1.54) is 0 Å². The number of benzene rings is 1. The molecule has 3 aliphatic rings. The summed E-state index contributed by atoms with van der Waals surface area (Å²) in [6.45, 7) is 3.89. The minimum atomic E-state index is -0.294. The van der Waals surface area contributed by atoms with Gasteiger partial charge >= 0.3 is 5.97 Å². The zero-order valence-electron chi connectivity index (χ0n) is 13.4. The fourth-order valence-electron chi connectivity index (χ4n) is 4.28. The molecule has 3 fully saturated rings. The molecule has 4 rings (SSSR count). The third-order valence-corrected chi connectivity index (χ3v) is 5.68. The van der Waals surface area contributed by atoms with E-state index in [0.29, 0.717) is 29.9 Å². The number of ether oxygens (including phenoxy) is 2. The molecule has 0 aliphatic carbocycles. The van der Waals surface area contributed by atoms with Gasteiger partial charge in [-0.1, -0.05) is 36.9 Å². The Labute approximate surface area is 147 Å². The highest BCUT2D eigenvalue weighted by molar-refractivity contribution is 6.15. The first-order chi connectivity index (χ1) is 10.5. The topological polar surface area (TPSA) is 38.8 Å². The lowest BCUT2D eigenvalue weighted by atomic mass is 9.96. The van der Waals surface area contributed by atoms with Crippen LogP contribution in [0.1, 0.15) is 18.4 Å². The van der Waals surface area contributed by atoms with Gasteiger partial charge in [-0.25, -0.2) is 4.79 Å². The molecule has 23 heavy (non-hydrogen) atoms. The van der Waals surface area contributed by atoms with Crippen LogP contribution in [0.5, 0.6) is 0 Å². The summed E-state index contributed by atoms with van der Waals surface area (Å²) in [6, 6.07) is 10.4.